The Hall–Kier alpha value is -0.930. The third kappa shape index (κ3) is 2.67. The molecule has 3 rings (SSSR count). The first-order valence-corrected chi connectivity index (χ1v) is 7.53. The van der Waals surface area contributed by atoms with E-state index in [1.165, 1.54) is 31.5 Å². The number of likely N-dealkylation sites (tertiary alicyclic amines) is 1. The average molecular weight is 262 g/mol. The Morgan fingerprint density at radius 2 is 2.05 bits per heavy atom. The molecule has 0 radical (unpaired) electrons. The van der Waals surface area contributed by atoms with Crippen LogP contribution in [-0.2, 0) is 6.42 Å². The summed E-state index contributed by atoms with van der Waals surface area (Å²) in [6.07, 6.45) is 4.36. The van der Waals surface area contributed by atoms with Crippen LogP contribution in [-0.4, -0.2) is 30.6 Å². The van der Waals surface area contributed by atoms with E-state index in [-0.39, 0.29) is 5.82 Å². The van der Waals surface area contributed by atoms with Gasteiger partial charge in [0.2, 0.25) is 0 Å². The van der Waals surface area contributed by atoms with Gasteiger partial charge in [0.1, 0.15) is 5.82 Å². The van der Waals surface area contributed by atoms with Crippen molar-refractivity contribution in [3.05, 3.63) is 35.1 Å². The number of hydrogen-bond donors (Lipinski definition) is 1. The predicted octanol–water partition coefficient (Wildman–Crippen LogP) is 2.89. The second-order valence-electron chi connectivity index (χ2n) is 5.77. The zero-order valence-electron chi connectivity index (χ0n) is 11.7. The smallest absolute Gasteiger partial charge is 0.126 e. The largest absolute Gasteiger partial charge is 0.307 e. The summed E-state index contributed by atoms with van der Waals surface area (Å²) in [4.78, 5) is 2.50. The van der Waals surface area contributed by atoms with Crippen LogP contribution in [0.25, 0.3) is 0 Å². The highest BCUT2D eigenvalue weighted by Crippen LogP contribution is 2.33. The van der Waals surface area contributed by atoms with Crippen molar-refractivity contribution < 1.29 is 4.39 Å². The van der Waals surface area contributed by atoms with Gasteiger partial charge in [-0.25, -0.2) is 4.39 Å². The molecule has 1 aromatic carbocycles. The zero-order valence-corrected chi connectivity index (χ0v) is 11.7. The van der Waals surface area contributed by atoms with E-state index in [1.807, 2.05) is 6.07 Å². The molecule has 0 spiro atoms. The summed E-state index contributed by atoms with van der Waals surface area (Å²) in [6, 6.07) is 6.48. The quantitative estimate of drug-likeness (QED) is 0.901. The van der Waals surface area contributed by atoms with E-state index in [4.69, 9.17) is 0 Å². The third-order valence-corrected chi connectivity index (χ3v) is 4.69. The number of benzene rings is 1. The number of fused-ring (bicyclic) bond motifs is 1. The van der Waals surface area contributed by atoms with Crippen LogP contribution in [0.1, 0.15) is 43.4 Å². The molecule has 1 atom stereocenters. The fourth-order valence-corrected chi connectivity index (χ4v) is 3.48. The summed E-state index contributed by atoms with van der Waals surface area (Å²) in [6.45, 7) is 5.77. The molecule has 19 heavy (non-hydrogen) atoms. The van der Waals surface area contributed by atoms with Crippen molar-refractivity contribution in [2.75, 3.05) is 19.6 Å². The second-order valence-corrected chi connectivity index (χ2v) is 5.77. The average Bonchev–Trinajstić information content (AvgIpc) is 2.84. The van der Waals surface area contributed by atoms with Crippen LogP contribution >= 0.6 is 0 Å². The Bertz CT molecular complexity index is 438. The first-order valence-electron chi connectivity index (χ1n) is 7.53. The van der Waals surface area contributed by atoms with Crippen LogP contribution < -0.4 is 5.32 Å². The first-order chi connectivity index (χ1) is 9.28. The molecule has 0 bridgehead atoms. The molecule has 3 heteroatoms. The molecule has 104 valence electrons. The SMILES string of the molecule is CCN1CCC(NC2CCc3c(F)cccc32)CC1. The second kappa shape index (κ2) is 5.59. The minimum atomic E-state index is -0.0254. The Balaban J connectivity index is 1.63. The number of piperidine rings is 1. The van der Waals surface area contributed by atoms with Gasteiger partial charge in [-0.2, -0.15) is 0 Å². The molecular formula is C16H23FN2. The van der Waals surface area contributed by atoms with Crippen molar-refractivity contribution in [2.24, 2.45) is 0 Å². The number of rotatable bonds is 3. The molecule has 1 heterocycles. The van der Waals surface area contributed by atoms with Gasteiger partial charge in [-0.05, 0) is 62.5 Å². The summed E-state index contributed by atoms with van der Waals surface area (Å²) < 4.78 is 13.7. The van der Waals surface area contributed by atoms with E-state index in [0.717, 1.165) is 24.9 Å². The molecular weight excluding hydrogens is 239 g/mol. The molecule has 1 aromatic rings. The molecule has 1 unspecified atom stereocenters. The number of halogens is 1. The molecule has 0 aromatic heterocycles. The topological polar surface area (TPSA) is 15.3 Å². The van der Waals surface area contributed by atoms with Gasteiger partial charge in [0.15, 0.2) is 0 Å². The van der Waals surface area contributed by atoms with Gasteiger partial charge in [-0.3, -0.25) is 0 Å². The number of nitrogens with zero attached hydrogens (tertiary/aromatic N) is 1. The minimum Gasteiger partial charge on any atom is -0.307 e. The van der Waals surface area contributed by atoms with Crippen LogP contribution in [0.4, 0.5) is 4.39 Å². The van der Waals surface area contributed by atoms with Gasteiger partial charge in [-0.1, -0.05) is 19.1 Å². The summed E-state index contributed by atoms with van der Waals surface area (Å²) in [5.74, 6) is -0.0254. The van der Waals surface area contributed by atoms with Gasteiger partial charge in [-0.15, -0.1) is 0 Å². The standard InChI is InChI=1S/C16H23FN2/c1-2-19-10-8-12(9-11-19)18-16-7-6-13-14(16)4-3-5-15(13)17/h3-5,12,16,18H,2,6-11H2,1H3. The van der Waals surface area contributed by atoms with Gasteiger partial charge in [0.05, 0.1) is 0 Å². The van der Waals surface area contributed by atoms with Gasteiger partial charge >= 0.3 is 0 Å². The highest BCUT2D eigenvalue weighted by Gasteiger charge is 2.27. The predicted molar refractivity (Wildman–Crippen MR) is 75.7 cm³/mol. The molecule has 1 saturated heterocycles. The van der Waals surface area contributed by atoms with E-state index in [1.54, 1.807) is 6.07 Å². The molecule has 0 saturated carbocycles. The van der Waals surface area contributed by atoms with Crippen molar-refractivity contribution >= 4 is 0 Å². The molecule has 2 nitrogen and oxygen atoms in total. The third-order valence-electron chi connectivity index (χ3n) is 4.69. The van der Waals surface area contributed by atoms with Crippen LogP contribution in [0.3, 0.4) is 0 Å². The number of nitrogens with one attached hydrogen (secondary N) is 1. The summed E-state index contributed by atoms with van der Waals surface area (Å²) in [5, 5.41) is 3.75. The fraction of sp³-hybridized carbons (Fsp3) is 0.625. The van der Waals surface area contributed by atoms with Crippen LogP contribution in [0.15, 0.2) is 18.2 Å². The van der Waals surface area contributed by atoms with Crippen molar-refractivity contribution in [2.45, 2.75) is 44.7 Å². The lowest BCUT2D eigenvalue weighted by Crippen LogP contribution is -2.43. The maximum atomic E-state index is 13.7. The van der Waals surface area contributed by atoms with Gasteiger partial charge in [0.25, 0.3) is 0 Å². The first kappa shape index (κ1) is 13.1. The maximum Gasteiger partial charge on any atom is 0.126 e. The summed E-state index contributed by atoms with van der Waals surface area (Å²) in [5.41, 5.74) is 2.13. The van der Waals surface area contributed by atoms with Gasteiger partial charge < -0.3 is 10.2 Å². The molecule has 1 aliphatic carbocycles. The normalized spacial score (nSPS) is 24.6. The maximum absolute atomic E-state index is 13.7. The molecule has 1 aliphatic heterocycles. The van der Waals surface area contributed by atoms with E-state index >= 15 is 0 Å². The Kier molecular flexibility index (Phi) is 3.85. The lowest BCUT2D eigenvalue weighted by molar-refractivity contribution is 0.198. The molecule has 1 fully saturated rings. The Morgan fingerprint density at radius 1 is 1.26 bits per heavy atom. The van der Waals surface area contributed by atoms with Gasteiger partial charge in [0, 0.05) is 12.1 Å². The Morgan fingerprint density at radius 3 is 2.79 bits per heavy atom. The van der Waals surface area contributed by atoms with E-state index in [0.29, 0.717) is 12.1 Å². The minimum absolute atomic E-state index is 0.0254. The molecule has 2 aliphatic rings. The summed E-state index contributed by atoms with van der Waals surface area (Å²) >= 11 is 0. The van der Waals surface area contributed by atoms with E-state index in [9.17, 15) is 4.39 Å². The zero-order chi connectivity index (χ0) is 13.2. The fourth-order valence-electron chi connectivity index (χ4n) is 3.48. The number of hydrogen-bond acceptors (Lipinski definition) is 2. The van der Waals surface area contributed by atoms with Crippen molar-refractivity contribution in [3.8, 4) is 0 Å². The van der Waals surface area contributed by atoms with E-state index < -0.39 is 0 Å². The highest BCUT2D eigenvalue weighted by atomic mass is 19.1. The lowest BCUT2D eigenvalue weighted by atomic mass is 10.0. The van der Waals surface area contributed by atoms with Crippen molar-refractivity contribution in [1.82, 2.24) is 10.2 Å². The molecule has 0 amide bonds. The highest BCUT2D eigenvalue weighted by molar-refractivity contribution is 5.35. The van der Waals surface area contributed by atoms with Crippen LogP contribution in [0.5, 0.6) is 0 Å². The van der Waals surface area contributed by atoms with Crippen LogP contribution in [0.2, 0.25) is 0 Å². The molecule has 1 N–H and O–H groups in total. The lowest BCUT2D eigenvalue weighted by Gasteiger charge is -2.33. The van der Waals surface area contributed by atoms with E-state index in [2.05, 4.69) is 23.2 Å². The van der Waals surface area contributed by atoms with Crippen molar-refractivity contribution in [1.29, 1.82) is 0 Å². The van der Waals surface area contributed by atoms with Crippen molar-refractivity contribution in [3.63, 3.8) is 0 Å². The van der Waals surface area contributed by atoms with Crippen LogP contribution in [0, 0.1) is 5.82 Å². The monoisotopic (exact) mass is 262 g/mol. The summed E-state index contributed by atoms with van der Waals surface area (Å²) in [7, 11) is 0. The Labute approximate surface area is 115 Å².